The van der Waals surface area contributed by atoms with E-state index in [-0.39, 0.29) is 52.8 Å². The molecule has 0 aliphatic carbocycles. The maximum absolute atomic E-state index is 14.7. The van der Waals surface area contributed by atoms with Crippen molar-refractivity contribution in [2.75, 3.05) is 13.0 Å². The van der Waals surface area contributed by atoms with Crippen LogP contribution in [0.5, 0.6) is 5.75 Å². The number of carbonyl (C=O) groups excluding carboxylic acids is 2. The van der Waals surface area contributed by atoms with Crippen LogP contribution in [0.3, 0.4) is 0 Å². The minimum Gasteiger partial charge on any atom is -0.466 e. The highest BCUT2D eigenvalue weighted by Crippen LogP contribution is 2.55. The lowest BCUT2D eigenvalue weighted by atomic mass is 9.87. The van der Waals surface area contributed by atoms with Crippen LogP contribution < -0.4 is 9.61 Å². The monoisotopic (exact) mass is 968 g/mol. The van der Waals surface area contributed by atoms with Gasteiger partial charge in [0.15, 0.2) is 0 Å². The Bertz CT molecular complexity index is 2150. The zero-order valence-electron chi connectivity index (χ0n) is 42.5. The van der Waals surface area contributed by atoms with Crippen LogP contribution in [0.25, 0.3) is 17.2 Å². The number of para-hydroxylation sites is 1. The Morgan fingerprint density at radius 2 is 1.52 bits per heavy atom. The molecule has 3 aromatic rings. The minimum atomic E-state index is -3.92. The van der Waals surface area contributed by atoms with Crippen LogP contribution in [0.15, 0.2) is 60.7 Å². The average molecular weight is 969 g/mol. The zero-order chi connectivity index (χ0) is 49.4. The molecule has 11 nitrogen and oxygen atoms in total. The van der Waals surface area contributed by atoms with Crippen molar-refractivity contribution in [2.24, 2.45) is 0 Å². The molecule has 1 aromatic heterocycles. The Morgan fingerprint density at radius 3 is 2.06 bits per heavy atom. The molecule has 2 aromatic carbocycles. The Balaban J connectivity index is 1.85. The first kappa shape index (κ1) is 55.1. The van der Waals surface area contributed by atoms with Gasteiger partial charge in [-0.25, -0.2) is 9.48 Å². The number of rotatable bonds is 20. The molecule has 0 spiro atoms. The van der Waals surface area contributed by atoms with Gasteiger partial charge in [-0.2, -0.15) is 0 Å². The minimum absolute atomic E-state index is 0.0287. The third-order valence-electron chi connectivity index (χ3n) is 11.3. The van der Waals surface area contributed by atoms with Crippen LogP contribution in [0.1, 0.15) is 137 Å². The van der Waals surface area contributed by atoms with Gasteiger partial charge in [-0.05, 0) is 74.0 Å². The van der Waals surface area contributed by atoms with Crippen molar-refractivity contribution in [3.8, 4) is 16.9 Å². The molecular weight excluding hydrogens is 891 g/mol. The van der Waals surface area contributed by atoms with E-state index >= 15 is 0 Å². The molecular formula is C51H78FN2O9PSi2. The van der Waals surface area contributed by atoms with Crippen molar-refractivity contribution in [2.45, 2.75) is 181 Å². The van der Waals surface area contributed by atoms with Crippen molar-refractivity contribution in [1.29, 1.82) is 0 Å². The van der Waals surface area contributed by atoms with Crippen LogP contribution in [-0.4, -0.2) is 70.9 Å². The molecule has 0 saturated carbocycles. The number of halogens is 1. The van der Waals surface area contributed by atoms with E-state index < -0.39 is 54.7 Å². The smallest absolute Gasteiger partial charge is 0.350 e. The number of benzene rings is 2. The molecule has 1 aliphatic heterocycles. The molecule has 66 heavy (non-hydrogen) atoms. The van der Waals surface area contributed by atoms with Gasteiger partial charge >= 0.3 is 28.0 Å². The molecule has 366 valence electrons. The van der Waals surface area contributed by atoms with Crippen LogP contribution in [0.4, 0.5) is 4.39 Å². The Hall–Kier alpha value is -3.50. The lowest BCUT2D eigenvalue weighted by Crippen LogP contribution is -2.63. The van der Waals surface area contributed by atoms with E-state index in [1.54, 1.807) is 57.2 Å². The fraction of sp³-hybridized carbons (Fsp3) is 0.588. The van der Waals surface area contributed by atoms with Crippen molar-refractivity contribution >= 4 is 42.2 Å². The highest BCUT2D eigenvalue weighted by molar-refractivity contribution is 7.57. The summed E-state index contributed by atoms with van der Waals surface area (Å²) in [5.74, 6) is -0.977. The van der Waals surface area contributed by atoms with Crippen LogP contribution >= 0.6 is 7.52 Å². The van der Waals surface area contributed by atoms with Gasteiger partial charge in [0.1, 0.15) is 24.0 Å². The lowest BCUT2D eigenvalue weighted by molar-refractivity contribution is -0.149. The molecule has 0 bridgehead atoms. The quantitative estimate of drug-likeness (QED) is 0.0659. The number of carbonyl (C=O) groups is 2. The molecule has 1 fully saturated rings. The molecule has 15 heteroatoms. The summed E-state index contributed by atoms with van der Waals surface area (Å²) in [6.45, 7) is 33.4. The second-order valence-corrected chi connectivity index (χ2v) is 34.1. The first-order chi connectivity index (χ1) is 30.5. The second kappa shape index (κ2) is 22.7. The fourth-order valence-electron chi connectivity index (χ4n) is 8.37. The van der Waals surface area contributed by atoms with E-state index in [0.717, 1.165) is 39.7 Å². The predicted octanol–water partition coefficient (Wildman–Crippen LogP) is 13.3. The van der Waals surface area contributed by atoms with E-state index in [2.05, 4.69) is 100 Å². The normalized spacial score (nSPS) is 18.4. The van der Waals surface area contributed by atoms with E-state index in [1.807, 2.05) is 12.1 Å². The predicted molar refractivity (Wildman–Crippen MR) is 268 cm³/mol. The summed E-state index contributed by atoms with van der Waals surface area (Å²) in [5, 5.41) is 2.16. The second-order valence-electron chi connectivity index (χ2n) is 21.7. The van der Waals surface area contributed by atoms with Gasteiger partial charge in [-0.1, -0.05) is 131 Å². The summed E-state index contributed by atoms with van der Waals surface area (Å²) >= 11 is 0. The summed E-state index contributed by atoms with van der Waals surface area (Å²) in [5.41, 5.74) is 4.69. The number of hydrogen-bond acceptors (Lipinski definition) is 10. The van der Waals surface area contributed by atoms with Crippen LogP contribution in [-0.2, 0) is 43.8 Å². The topological polar surface area (TPSA) is 132 Å². The van der Waals surface area contributed by atoms with Crippen molar-refractivity contribution in [3.63, 3.8) is 0 Å². The van der Waals surface area contributed by atoms with Gasteiger partial charge < -0.3 is 27.6 Å². The number of hydrogen-bond donors (Lipinski definition) is 1. The highest BCUT2D eigenvalue weighted by atomic mass is 31.2. The number of ether oxygens (including phenoxy) is 3. The molecule has 1 N–H and O–H groups in total. The van der Waals surface area contributed by atoms with Gasteiger partial charge in [-0.15, -0.1) is 0 Å². The Kier molecular flexibility index (Phi) is 19.0. The largest absolute Gasteiger partial charge is 0.466 e. The standard InChI is InChI=1S/C51H78FN2O9PSi2/c1-34(2)47-43(27-26-41-30-42(31-45(55)59-28-29-65(14,15)16)63-66(62-41,50(8,9)10)51(11,12)13)46(38-22-24-39(52)25-23-38)44(48(53-47)35(3)4)32-58-33-64(57,61-40-20-18-17-19-21-40)54-37(7)49(56)60-36(5)6/h17-27,34-37,41-42H,28-33H2,1-16H3,(H,54,57)/t37-,41+,42+,64?/m0/s1. The number of pyridine rings is 1. The van der Waals surface area contributed by atoms with Crippen molar-refractivity contribution in [1.82, 2.24) is 10.1 Å². The van der Waals surface area contributed by atoms with Crippen molar-refractivity contribution in [3.05, 3.63) is 89.0 Å². The molecule has 4 rings (SSSR count). The van der Waals surface area contributed by atoms with Gasteiger partial charge in [0.05, 0.1) is 43.6 Å². The van der Waals surface area contributed by atoms with E-state index in [1.165, 1.54) is 12.1 Å². The maximum atomic E-state index is 14.7. The lowest BCUT2D eigenvalue weighted by Gasteiger charge is -2.54. The van der Waals surface area contributed by atoms with Crippen molar-refractivity contribution < 1.29 is 46.1 Å². The SMILES string of the molecule is CC(C)OC(=O)[C@H](C)NP(=O)(COCc1c(C(C)C)nc(C(C)C)c(C=C[C@@H]2C[C@H](CC(=O)OCC[Si](C)(C)C)O[Si](C(C)(C)C)(C(C)(C)C)O2)c1-c1ccc(F)cc1)Oc1ccccc1. The van der Waals surface area contributed by atoms with E-state index in [0.29, 0.717) is 18.8 Å². The molecule has 0 amide bonds. The third-order valence-corrected chi connectivity index (χ3v) is 20.1. The molecule has 2 heterocycles. The number of nitrogens with one attached hydrogen (secondary N) is 1. The Morgan fingerprint density at radius 1 is 0.909 bits per heavy atom. The van der Waals surface area contributed by atoms with Gasteiger partial charge in [0.25, 0.3) is 0 Å². The van der Waals surface area contributed by atoms with E-state index in [4.69, 9.17) is 32.6 Å². The zero-order valence-corrected chi connectivity index (χ0v) is 45.4. The van der Waals surface area contributed by atoms with Crippen LogP contribution in [0.2, 0.25) is 35.8 Å². The fourth-order valence-corrected chi connectivity index (χ4v) is 15.7. The van der Waals surface area contributed by atoms with E-state index in [9.17, 15) is 18.5 Å². The first-order valence-corrected chi connectivity index (χ1v) is 30.8. The van der Waals surface area contributed by atoms with Gasteiger partial charge in [-0.3, -0.25) is 19.1 Å². The first-order valence-electron chi connectivity index (χ1n) is 23.5. The summed E-state index contributed by atoms with van der Waals surface area (Å²) < 4.78 is 67.3. The highest BCUT2D eigenvalue weighted by Gasteiger charge is 2.62. The molecule has 1 unspecified atom stereocenters. The number of nitrogens with zero attached hydrogens (tertiary/aromatic N) is 1. The summed E-state index contributed by atoms with van der Waals surface area (Å²) in [6.07, 6.45) is 3.04. The molecule has 1 saturated heterocycles. The molecule has 0 radical (unpaired) electrons. The van der Waals surface area contributed by atoms with Crippen LogP contribution in [0, 0.1) is 5.82 Å². The number of aromatic nitrogens is 1. The summed E-state index contributed by atoms with van der Waals surface area (Å²) in [4.78, 5) is 31.6. The Labute approximate surface area is 397 Å². The number of esters is 2. The van der Waals surface area contributed by atoms with Gasteiger partial charge in [0.2, 0.25) is 0 Å². The third kappa shape index (κ3) is 15.0. The average Bonchev–Trinajstić information content (AvgIpc) is 3.18. The summed E-state index contributed by atoms with van der Waals surface area (Å²) in [6, 6.07) is 15.0. The molecule has 4 atom stereocenters. The molecule has 1 aliphatic rings. The van der Waals surface area contributed by atoms with Gasteiger partial charge in [0, 0.05) is 41.4 Å². The maximum Gasteiger partial charge on any atom is 0.350 e. The summed E-state index contributed by atoms with van der Waals surface area (Å²) in [7, 11) is -8.45.